The highest BCUT2D eigenvalue weighted by Gasteiger charge is 2.25. The molecule has 0 aromatic carbocycles. The molecule has 0 aliphatic heterocycles. The normalized spacial score (nSPS) is 15.5. The van der Waals surface area contributed by atoms with Gasteiger partial charge in [0.25, 0.3) is 0 Å². The third-order valence-electron chi connectivity index (χ3n) is 4.41. The first-order valence-electron chi connectivity index (χ1n) is 8.28. The fraction of sp³-hybridized carbons (Fsp3) is 0.588. The maximum absolute atomic E-state index is 12.2. The van der Waals surface area contributed by atoms with Crippen LogP contribution in [-0.4, -0.2) is 29.0 Å². The summed E-state index contributed by atoms with van der Waals surface area (Å²) in [6, 6.07) is -0.295. The smallest absolute Gasteiger partial charge is 0.242 e. The van der Waals surface area contributed by atoms with Gasteiger partial charge in [0.2, 0.25) is 5.91 Å². The molecule has 0 bridgehead atoms. The van der Waals surface area contributed by atoms with Crippen LogP contribution >= 0.6 is 11.3 Å². The van der Waals surface area contributed by atoms with Crippen molar-refractivity contribution < 1.29 is 4.79 Å². The third-order valence-corrected chi connectivity index (χ3v) is 5.60. The van der Waals surface area contributed by atoms with Gasteiger partial charge >= 0.3 is 0 Å². The summed E-state index contributed by atoms with van der Waals surface area (Å²) >= 11 is 1.79. The zero-order chi connectivity index (χ0) is 16.6. The Kier molecular flexibility index (Phi) is 4.53. The molecule has 0 saturated heterocycles. The Morgan fingerprint density at radius 2 is 1.96 bits per heavy atom. The monoisotopic (exact) mass is 332 g/mol. The molecule has 124 valence electrons. The molecule has 6 heteroatoms. The van der Waals surface area contributed by atoms with Crippen molar-refractivity contribution in [3.8, 4) is 0 Å². The Morgan fingerprint density at radius 3 is 2.65 bits per heavy atom. The summed E-state index contributed by atoms with van der Waals surface area (Å²) in [6.45, 7) is 6.00. The van der Waals surface area contributed by atoms with Crippen molar-refractivity contribution in [1.29, 1.82) is 0 Å². The van der Waals surface area contributed by atoms with Gasteiger partial charge in [0, 0.05) is 11.9 Å². The minimum atomic E-state index is -0.295. The number of aromatic nitrogens is 2. The number of nitrogens with zero attached hydrogens (tertiary/aromatic N) is 2. The van der Waals surface area contributed by atoms with Crippen molar-refractivity contribution in [2.45, 2.75) is 52.5 Å². The number of amides is 1. The van der Waals surface area contributed by atoms with Gasteiger partial charge in [0.05, 0.1) is 5.39 Å². The van der Waals surface area contributed by atoms with Crippen LogP contribution < -0.4 is 10.6 Å². The van der Waals surface area contributed by atoms with Crippen LogP contribution in [-0.2, 0) is 17.6 Å². The van der Waals surface area contributed by atoms with Gasteiger partial charge in [0.15, 0.2) is 0 Å². The molecule has 1 atom stereocenters. The lowest BCUT2D eigenvalue weighted by molar-refractivity contribution is -0.122. The van der Waals surface area contributed by atoms with E-state index in [1.807, 2.05) is 20.8 Å². The standard InChI is InChI=1S/C17H24N4OS/c1-9(2)14(16(22)18-4)21-15-13-11-7-5-6-8-12(11)23-17(13)20-10(3)19-15/h9,14H,5-8H2,1-4H3,(H,18,22)(H,19,20,21). The van der Waals surface area contributed by atoms with Gasteiger partial charge < -0.3 is 10.6 Å². The Balaban J connectivity index is 2.08. The van der Waals surface area contributed by atoms with Crippen LogP contribution in [0.2, 0.25) is 0 Å². The van der Waals surface area contributed by atoms with Gasteiger partial charge in [0.1, 0.15) is 22.5 Å². The second-order valence-electron chi connectivity index (χ2n) is 6.49. The van der Waals surface area contributed by atoms with Crippen molar-refractivity contribution >= 4 is 33.3 Å². The fourth-order valence-electron chi connectivity index (χ4n) is 3.21. The second kappa shape index (κ2) is 6.43. The molecule has 2 N–H and O–H groups in total. The quantitative estimate of drug-likeness (QED) is 0.903. The largest absolute Gasteiger partial charge is 0.358 e. The van der Waals surface area contributed by atoms with E-state index in [4.69, 9.17) is 0 Å². The topological polar surface area (TPSA) is 66.9 Å². The molecule has 3 rings (SSSR count). The van der Waals surface area contributed by atoms with Crippen molar-refractivity contribution in [2.24, 2.45) is 5.92 Å². The number of fused-ring (bicyclic) bond motifs is 3. The average Bonchev–Trinajstić information content (AvgIpc) is 2.89. The van der Waals surface area contributed by atoms with Crippen LogP contribution in [0.4, 0.5) is 5.82 Å². The highest BCUT2D eigenvalue weighted by Crippen LogP contribution is 2.38. The molecular weight excluding hydrogens is 308 g/mol. The predicted molar refractivity (Wildman–Crippen MR) is 95.1 cm³/mol. The summed E-state index contributed by atoms with van der Waals surface area (Å²) in [5, 5.41) is 7.27. The maximum Gasteiger partial charge on any atom is 0.242 e. The van der Waals surface area contributed by atoms with E-state index in [9.17, 15) is 4.79 Å². The Bertz CT molecular complexity index is 738. The number of hydrogen-bond acceptors (Lipinski definition) is 5. The summed E-state index contributed by atoms with van der Waals surface area (Å²) in [6.07, 6.45) is 4.69. The van der Waals surface area contributed by atoms with E-state index >= 15 is 0 Å². The first-order valence-corrected chi connectivity index (χ1v) is 9.10. The van der Waals surface area contributed by atoms with E-state index in [0.717, 1.165) is 34.7 Å². The number of hydrogen-bond donors (Lipinski definition) is 2. The maximum atomic E-state index is 12.2. The van der Waals surface area contributed by atoms with Gasteiger partial charge in [-0.1, -0.05) is 13.8 Å². The Hall–Kier alpha value is -1.69. The van der Waals surface area contributed by atoms with E-state index in [2.05, 4.69) is 20.6 Å². The number of carbonyl (C=O) groups excluding carboxylic acids is 1. The van der Waals surface area contributed by atoms with E-state index in [0.29, 0.717) is 0 Å². The third kappa shape index (κ3) is 3.04. The molecule has 0 fully saturated rings. The predicted octanol–water partition coefficient (Wildman–Crippen LogP) is 3.06. The van der Waals surface area contributed by atoms with Gasteiger partial charge in [-0.25, -0.2) is 9.97 Å². The first kappa shape index (κ1) is 16.2. The summed E-state index contributed by atoms with van der Waals surface area (Å²) in [5.74, 6) is 1.73. The molecule has 2 aromatic rings. The van der Waals surface area contributed by atoms with Crippen molar-refractivity contribution in [2.75, 3.05) is 12.4 Å². The molecule has 0 spiro atoms. The van der Waals surface area contributed by atoms with Crippen LogP contribution in [0.15, 0.2) is 0 Å². The average molecular weight is 332 g/mol. The highest BCUT2D eigenvalue weighted by atomic mass is 32.1. The minimum Gasteiger partial charge on any atom is -0.358 e. The number of aryl methyl sites for hydroxylation is 3. The molecule has 1 unspecified atom stereocenters. The lowest BCUT2D eigenvalue weighted by Gasteiger charge is -2.22. The zero-order valence-electron chi connectivity index (χ0n) is 14.2. The number of thiophene rings is 1. The minimum absolute atomic E-state index is 0.00601. The van der Waals surface area contributed by atoms with Crippen molar-refractivity contribution in [1.82, 2.24) is 15.3 Å². The van der Waals surface area contributed by atoms with E-state index in [-0.39, 0.29) is 17.9 Å². The van der Waals surface area contributed by atoms with Crippen LogP contribution in [0, 0.1) is 12.8 Å². The Morgan fingerprint density at radius 1 is 1.22 bits per heavy atom. The van der Waals surface area contributed by atoms with Crippen LogP contribution in [0.1, 0.15) is 43.0 Å². The van der Waals surface area contributed by atoms with Gasteiger partial charge in [-0.05, 0) is 44.1 Å². The van der Waals surface area contributed by atoms with Crippen LogP contribution in [0.3, 0.4) is 0 Å². The molecule has 0 saturated carbocycles. The van der Waals surface area contributed by atoms with Gasteiger partial charge in [-0.2, -0.15) is 0 Å². The fourth-order valence-corrected chi connectivity index (χ4v) is 4.51. The summed E-state index contributed by atoms with van der Waals surface area (Å²) in [4.78, 5) is 23.9. The van der Waals surface area contributed by atoms with Crippen molar-refractivity contribution in [3.05, 3.63) is 16.3 Å². The molecule has 23 heavy (non-hydrogen) atoms. The summed E-state index contributed by atoms with van der Waals surface area (Å²) in [7, 11) is 1.67. The van der Waals surface area contributed by atoms with Gasteiger partial charge in [-0.3, -0.25) is 4.79 Å². The lowest BCUT2D eigenvalue weighted by atomic mass is 9.96. The number of rotatable bonds is 4. The Labute approximate surface area is 140 Å². The number of likely N-dealkylation sites (N-methyl/N-ethyl adjacent to an activating group) is 1. The van der Waals surface area contributed by atoms with E-state index in [1.54, 1.807) is 18.4 Å². The highest BCUT2D eigenvalue weighted by molar-refractivity contribution is 7.19. The van der Waals surface area contributed by atoms with Crippen LogP contribution in [0.25, 0.3) is 10.2 Å². The van der Waals surface area contributed by atoms with Crippen LogP contribution in [0.5, 0.6) is 0 Å². The molecule has 2 heterocycles. The number of nitrogens with one attached hydrogen (secondary N) is 2. The molecule has 2 aromatic heterocycles. The number of anilines is 1. The number of carbonyl (C=O) groups is 1. The van der Waals surface area contributed by atoms with Gasteiger partial charge in [-0.15, -0.1) is 11.3 Å². The molecule has 1 amide bonds. The molecular formula is C17H24N4OS. The zero-order valence-corrected chi connectivity index (χ0v) is 15.0. The van der Waals surface area contributed by atoms with E-state index in [1.165, 1.54) is 23.3 Å². The summed E-state index contributed by atoms with van der Waals surface area (Å²) in [5.41, 5.74) is 1.39. The molecule has 1 aliphatic rings. The first-order chi connectivity index (χ1) is 11.0. The molecule has 0 radical (unpaired) electrons. The SMILES string of the molecule is CNC(=O)C(Nc1nc(C)nc2sc3c(c12)CCCC3)C(C)C. The summed E-state index contributed by atoms with van der Waals surface area (Å²) < 4.78 is 0. The van der Waals surface area contributed by atoms with Crippen molar-refractivity contribution in [3.63, 3.8) is 0 Å². The molecule has 1 aliphatic carbocycles. The second-order valence-corrected chi connectivity index (χ2v) is 7.57. The van der Waals surface area contributed by atoms with E-state index < -0.39 is 0 Å². The lowest BCUT2D eigenvalue weighted by Crippen LogP contribution is -2.41. The molecule has 5 nitrogen and oxygen atoms in total.